The van der Waals surface area contributed by atoms with Crippen molar-refractivity contribution in [3.63, 3.8) is 0 Å². The average molecular weight is 352 g/mol. The fourth-order valence-corrected chi connectivity index (χ4v) is 3.05. The molecule has 1 aliphatic rings. The molecule has 2 aromatic rings. The summed E-state index contributed by atoms with van der Waals surface area (Å²) in [6.07, 6.45) is 3.26. The lowest BCUT2D eigenvalue weighted by molar-refractivity contribution is -0.136. The number of carbonyl (C=O) groups excluding carboxylic acids is 2. The van der Waals surface area contributed by atoms with Crippen LogP contribution >= 0.6 is 0 Å². The standard InChI is InChI=1S/C20H24N4O2/c1-16-3-2-4-18(13-16)23-9-11-24(12-10-23)20(26)14-19(25)22-15-17-5-7-21-8-6-17/h2-8,13H,9-12,14-15H2,1H3,(H,22,25). The normalized spacial score (nSPS) is 14.2. The van der Waals surface area contributed by atoms with E-state index in [-0.39, 0.29) is 18.2 Å². The van der Waals surface area contributed by atoms with Crippen LogP contribution in [0.15, 0.2) is 48.8 Å². The first-order valence-corrected chi connectivity index (χ1v) is 8.87. The van der Waals surface area contributed by atoms with Crippen LogP contribution in [0, 0.1) is 6.92 Å². The van der Waals surface area contributed by atoms with Gasteiger partial charge in [0.25, 0.3) is 0 Å². The molecule has 1 fully saturated rings. The van der Waals surface area contributed by atoms with Crippen molar-refractivity contribution in [1.29, 1.82) is 0 Å². The highest BCUT2D eigenvalue weighted by molar-refractivity contribution is 5.96. The Kier molecular flexibility index (Phi) is 5.84. The Morgan fingerprint density at radius 2 is 1.81 bits per heavy atom. The lowest BCUT2D eigenvalue weighted by Gasteiger charge is -2.36. The highest BCUT2D eigenvalue weighted by Gasteiger charge is 2.22. The van der Waals surface area contributed by atoms with E-state index in [4.69, 9.17) is 0 Å². The third-order valence-electron chi connectivity index (χ3n) is 4.55. The van der Waals surface area contributed by atoms with Crippen LogP contribution in [0.25, 0.3) is 0 Å². The first-order valence-electron chi connectivity index (χ1n) is 8.87. The fourth-order valence-electron chi connectivity index (χ4n) is 3.05. The van der Waals surface area contributed by atoms with Crippen LogP contribution in [0.4, 0.5) is 5.69 Å². The summed E-state index contributed by atoms with van der Waals surface area (Å²) in [7, 11) is 0. The van der Waals surface area contributed by atoms with Crippen molar-refractivity contribution < 1.29 is 9.59 Å². The molecule has 26 heavy (non-hydrogen) atoms. The molecule has 0 saturated carbocycles. The first-order chi connectivity index (χ1) is 12.6. The molecule has 2 heterocycles. The molecule has 6 heteroatoms. The largest absolute Gasteiger partial charge is 0.368 e. The Morgan fingerprint density at radius 1 is 1.08 bits per heavy atom. The minimum atomic E-state index is -0.243. The molecule has 0 aliphatic carbocycles. The van der Waals surface area contributed by atoms with Gasteiger partial charge in [-0.15, -0.1) is 0 Å². The van der Waals surface area contributed by atoms with Crippen molar-refractivity contribution in [3.05, 3.63) is 59.9 Å². The number of amides is 2. The van der Waals surface area contributed by atoms with Gasteiger partial charge >= 0.3 is 0 Å². The maximum absolute atomic E-state index is 12.4. The van der Waals surface area contributed by atoms with Crippen molar-refractivity contribution in [2.75, 3.05) is 31.1 Å². The van der Waals surface area contributed by atoms with Crippen molar-refractivity contribution >= 4 is 17.5 Å². The molecule has 0 radical (unpaired) electrons. The van der Waals surface area contributed by atoms with Gasteiger partial charge in [0.2, 0.25) is 11.8 Å². The topological polar surface area (TPSA) is 65.5 Å². The van der Waals surface area contributed by atoms with Crippen LogP contribution in [0.5, 0.6) is 0 Å². The molecule has 3 rings (SSSR count). The van der Waals surface area contributed by atoms with Crippen LogP contribution in [0.3, 0.4) is 0 Å². The lowest BCUT2D eigenvalue weighted by atomic mass is 10.2. The van der Waals surface area contributed by atoms with E-state index in [1.807, 2.05) is 12.1 Å². The van der Waals surface area contributed by atoms with Crippen LogP contribution in [-0.2, 0) is 16.1 Å². The summed E-state index contributed by atoms with van der Waals surface area (Å²) in [5.74, 6) is -0.353. The molecule has 2 amide bonds. The van der Waals surface area contributed by atoms with Crippen LogP contribution in [0.1, 0.15) is 17.5 Å². The van der Waals surface area contributed by atoms with Gasteiger partial charge in [-0.3, -0.25) is 14.6 Å². The van der Waals surface area contributed by atoms with E-state index in [0.717, 1.165) is 18.7 Å². The summed E-state index contributed by atoms with van der Waals surface area (Å²) in [5.41, 5.74) is 3.38. The molecule has 136 valence electrons. The quantitative estimate of drug-likeness (QED) is 0.833. The maximum Gasteiger partial charge on any atom is 0.232 e. The summed E-state index contributed by atoms with van der Waals surface area (Å²) in [6.45, 7) is 5.35. The number of nitrogens with one attached hydrogen (secondary N) is 1. The van der Waals surface area contributed by atoms with Gasteiger partial charge in [0.1, 0.15) is 6.42 Å². The number of nitrogens with zero attached hydrogens (tertiary/aromatic N) is 3. The molecule has 1 saturated heterocycles. The van der Waals surface area contributed by atoms with Crippen LogP contribution < -0.4 is 10.2 Å². The second-order valence-electron chi connectivity index (χ2n) is 6.52. The molecule has 0 bridgehead atoms. The summed E-state index contributed by atoms with van der Waals surface area (Å²) >= 11 is 0. The van der Waals surface area contributed by atoms with E-state index in [1.165, 1.54) is 11.3 Å². The third-order valence-corrected chi connectivity index (χ3v) is 4.55. The van der Waals surface area contributed by atoms with Gasteiger partial charge in [-0.25, -0.2) is 0 Å². The maximum atomic E-state index is 12.4. The van der Waals surface area contributed by atoms with E-state index in [0.29, 0.717) is 19.6 Å². The van der Waals surface area contributed by atoms with Crippen molar-refractivity contribution in [3.8, 4) is 0 Å². The van der Waals surface area contributed by atoms with E-state index in [1.54, 1.807) is 17.3 Å². The zero-order valence-electron chi connectivity index (χ0n) is 15.0. The van der Waals surface area contributed by atoms with Gasteiger partial charge in [-0.05, 0) is 42.3 Å². The van der Waals surface area contributed by atoms with Crippen LogP contribution in [-0.4, -0.2) is 47.9 Å². The lowest BCUT2D eigenvalue weighted by Crippen LogP contribution is -2.49. The highest BCUT2D eigenvalue weighted by Crippen LogP contribution is 2.18. The first kappa shape index (κ1) is 17.9. The minimum absolute atomic E-state index is 0.102. The molecule has 1 aliphatic heterocycles. The zero-order valence-corrected chi connectivity index (χ0v) is 15.0. The molecule has 1 aromatic heterocycles. The Bertz CT molecular complexity index is 755. The molecule has 0 spiro atoms. The van der Waals surface area contributed by atoms with Gasteiger partial charge in [-0.1, -0.05) is 12.1 Å². The predicted octanol–water partition coefficient (Wildman–Crippen LogP) is 1.75. The third kappa shape index (κ3) is 4.81. The number of carbonyl (C=O) groups is 2. The second kappa shape index (κ2) is 8.47. The molecule has 0 unspecified atom stereocenters. The monoisotopic (exact) mass is 352 g/mol. The summed E-state index contributed by atoms with van der Waals surface area (Å²) in [5, 5.41) is 2.79. The van der Waals surface area contributed by atoms with Crippen molar-refractivity contribution in [2.45, 2.75) is 19.9 Å². The van der Waals surface area contributed by atoms with Gasteiger partial charge in [0.05, 0.1) is 0 Å². The number of aryl methyl sites for hydroxylation is 1. The number of hydrogen-bond donors (Lipinski definition) is 1. The van der Waals surface area contributed by atoms with E-state index in [2.05, 4.69) is 46.4 Å². The number of hydrogen-bond acceptors (Lipinski definition) is 4. The van der Waals surface area contributed by atoms with Gasteiger partial charge in [0.15, 0.2) is 0 Å². The Hall–Kier alpha value is -2.89. The van der Waals surface area contributed by atoms with Gasteiger partial charge in [0, 0.05) is 50.8 Å². The number of aromatic nitrogens is 1. The number of rotatable bonds is 5. The predicted molar refractivity (Wildman–Crippen MR) is 101 cm³/mol. The Labute approximate surface area is 153 Å². The fraction of sp³-hybridized carbons (Fsp3) is 0.350. The second-order valence-corrected chi connectivity index (χ2v) is 6.52. The molecule has 6 nitrogen and oxygen atoms in total. The number of piperazine rings is 1. The molecular formula is C20H24N4O2. The Morgan fingerprint density at radius 3 is 2.50 bits per heavy atom. The average Bonchev–Trinajstić information content (AvgIpc) is 2.67. The number of pyridine rings is 1. The zero-order chi connectivity index (χ0) is 18.4. The summed E-state index contributed by atoms with van der Waals surface area (Å²) in [6, 6.07) is 12.1. The minimum Gasteiger partial charge on any atom is -0.368 e. The van der Waals surface area contributed by atoms with Crippen LogP contribution in [0.2, 0.25) is 0 Å². The Balaban J connectivity index is 1.44. The SMILES string of the molecule is Cc1cccc(N2CCN(C(=O)CC(=O)NCc3ccncc3)CC2)c1. The molecular weight excluding hydrogens is 328 g/mol. The highest BCUT2D eigenvalue weighted by atomic mass is 16.2. The van der Waals surface area contributed by atoms with E-state index < -0.39 is 0 Å². The smallest absolute Gasteiger partial charge is 0.232 e. The van der Waals surface area contributed by atoms with Gasteiger partial charge in [-0.2, -0.15) is 0 Å². The number of benzene rings is 1. The van der Waals surface area contributed by atoms with Crippen molar-refractivity contribution in [2.24, 2.45) is 0 Å². The van der Waals surface area contributed by atoms with Gasteiger partial charge < -0.3 is 15.1 Å². The van der Waals surface area contributed by atoms with Crippen molar-refractivity contribution in [1.82, 2.24) is 15.2 Å². The molecule has 0 atom stereocenters. The van der Waals surface area contributed by atoms with E-state index >= 15 is 0 Å². The number of anilines is 1. The molecule has 1 N–H and O–H groups in total. The summed E-state index contributed by atoms with van der Waals surface area (Å²) in [4.78, 5) is 32.4. The molecule has 1 aromatic carbocycles. The van der Waals surface area contributed by atoms with E-state index in [9.17, 15) is 9.59 Å². The summed E-state index contributed by atoms with van der Waals surface area (Å²) < 4.78 is 0.